The molecule has 0 unspecified atom stereocenters. The van der Waals surface area contributed by atoms with Gasteiger partial charge in [0.2, 0.25) is 0 Å². The first-order valence-corrected chi connectivity index (χ1v) is 11.1. The maximum Gasteiger partial charge on any atom is 0.0886 e. The number of rotatable bonds is 2. The van der Waals surface area contributed by atoms with E-state index in [0.29, 0.717) is 0 Å². The van der Waals surface area contributed by atoms with E-state index in [1.54, 1.807) is 24.8 Å². The van der Waals surface area contributed by atoms with Crippen LogP contribution in [-0.4, -0.2) is 19.9 Å². The fraction of sp³-hybridized carbons (Fsp3) is 0. The van der Waals surface area contributed by atoms with E-state index in [1.807, 2.05) is 72.8 Å². The monoisotopic (exact) mass is 545 g/mol. The molecule has 4 rings (SSSR count). The van der Waals surface area contributed by atoms with Gasteiger partial charge in [-0.25, -0.2) is 18.6 Å². The quantitative estimate of drug-likeness (QED) is 0.293. The van der Waals surface area contributed by atoms with Crippen LogP contribution in [-0.2, 0) is 24.2 Å². The van der Waals surface area contributed by atoms with E-state index in [4.69, 9.17) is 25.8 Å². The van der Waals surface area contributed by atoms with Crippen molar-refractivity contribution in [2.75, 3.05) is 0 Å². The van der Waals surface area contributed by atoms with Crippen molar-refractivity contribution < 1.29 is 53.1 Å². The maximum atomic E-state index is 8.49. The molecule has 0 aromatic carbocycles. The minimum Gasteiger partial charge on any atom is -0.255 e. The summed E-state index contributed by atoms with van der Waals surface area (Å²) in [6.07, 6.45) is 7.07. The molecule has 32 heavy (non-hydrogen) atoms. The Labute approximate surface area is 193 Å². The van der Waals surface area contributed by atoms with Gasteiger partial charge in [0.05, 0.1) is 22.8 Å². The predicted octanol–water partition coefficient (Wildman–Crippen LogP) is -0.709. The molecule has 168 valence electrons. The van der Waals surface area contributed by atoms with E-state index in [-0.39, 0.29) is 0 Å². The zero-order valence-electron chi connectivity index (χ0n) is 16.2. The largest absolute Gasteiger partial charge is 0.255 e. The van der Waals surface area contributed by atoms with Gasteiger partial charge >= 0.3 is 24.2 Å². The SMILES string of the molecule is [O-][Cl+3]([O-])([O-])[O-].[O]=[Ru]=[O].c1ccc(-c2ccccn2)nc1.c1ccc(-c2ccccn2)nc1. The molecule has 0 aliphatic heterocycles. The minimum atomic E-state index is -4.94. The molecule has 4 aromatic rings. The van der Waals surface area contributed by atoms with Gasteiger partial charge < -0.3 is 0 Å². The Bertz CT molecular complexity index is 881. The van der Waals surface area contributed by atoms with Gasteiger partial charge in [0.15, 0.2) is 0 Å². The molecule has 0 amide bonds. The summed E-state index contributed by atoms with van der Waals surface area (Å²) in [6.45, 7) is 0. The third-order valence-corrected chi connectivity index (χ3v) is 3.18. The van der Waals surface area contributed by atoms with E-state index >= 15 is 0 Å². The van der Waals surface area contributed by atoms with E-state index < -0.39 is 27.3 Å². The molecule has 0 aliphatic carbocycles. The molecule has 4 aromatic heterocycles. The van der Waals surface area contributed by atoms with Crippen molar-refractivity contribution in [3.05, 3.63) is 97.6 Å². The van der Waals surface area contributed by atoms with Crippen molar-refractivity contribution in [2.45, 2.75) is 0 Å². The van der Waals surface area contributed by atoms with Crippen molar-refractivity contribution >= 4 is 0 Å². The Balaban J connectivity index is 0.000000243. The normalized spacial score (nSPS) is 9.62. The van der Waals surface area contributed by atoms with Crippen LogP contribution >= 0.6 is 0 Å². The van der Waals surface area contributed by atoms with Gasteiger partial charge in [-0.3, -0.25) is 19.9 Å². The van der Waals surface area contributed by atoms with E-state index in [0.717, 1.165) is 22.8 Å². The Morgan fingerprint density at radius 1 is 0.500 bits per heavy atom. The van der Waals surface area contributed by atoms with Crippen LogP contribution in [0.15, 0.2) is 97.6 Å². The average molecular weight is 545 g/mol. The fourth-order valence-corrected chi connectivity index (χ4v) is 2.06. The van der Waals surface area contributed by atoms with Gasteiger partial charge in [-0.2, -0.15) is 0 Å². The molecule has 0 fully saturated rings. The Hall–Kier alpha value is -3.05. The van der Waals surface area contributed by atoms with Crippen molar-refractivity contribution in [1.82, 2.24) is 19.9 Å². The standard InChI is InChI=1S/2C10H8N2.ClHO4.2O.Ru/c2*1-3-7-11-9(5-1)10-6-2-4-8-12-10;2-1(3,4)5;;;/h2*1-8H;(H,2,3,4,5);;;/p-1. The maximum absolute atomic E-state index is 8.49. The molecule has 0 atom stereocenters. The first-order valence-electron chi connectivity index (χ1n) is 8.49. The number of halogens is 1. The summed E-state index contributed by atoms with van der Waals surface area (Å²) in [5.41, 5.74) is 3.66. The fourth-order valence-electron chi connectivity index (χ4n) is 2.06. The second kappa shape index (κ2) is 15.7. The average Bonchev–Trinajstić information content (AvgIpc) is 2.81. The number of aromatic nitrogens is 4. The third kappa shape index (κ3) is 13.3. The first-order chi connectivity index (χ1) is 15.3. The summed E-state index contributed by atoms with van der Waals surface area (Å²) in [7, 11) is -4.94. The van der Waals surface area contributed by atoms with Crippen molar-refractivity contribution in [3.63, 3.8) is 0 Å². The van der Waals surface area contributed by atoms with Crippen molar-refractivity contribution in [3.8, 4) is 22.8 Å². The van der Waals surface area contributed by atoms with Crippen LogP contribution < -0.4 is 18.6 Å². The number of hydrogen-bond donors (Lipinski definition) is 0. The van der Waals surface area contributed by atoms with Crippen LogP contribution in [0.4, 0.5) is 0 Å². The van der Waals surface area contributed by atoms with Crippen molar-refractivity contribution in [2.24, 2.45) is 0 Å². The first kappa shape index (κ1) is 27.0. The smallest absolute Gasteiger partial charge is 0.0886 e. The molecule has 0 saturated heterocycles. The summed E-state index contributed by atoms with van der Waals surface area (Å²) < 4.78 is 50.9. The Morgan fingerprint density at radius 2 is 0.688 bits per heavy atom. The molecule has 0 radical (unpaired) electrons. The summed E-state index contributed by atoms with van der Waals surface area (Å²) in [5.74, 6) is 0. The zero-order chi connectivity index (χ0) is 23.7. The van der Waals surface area contributed by atoms with Gasteiger partial charge in [0, 0.05) is 24.8 Å². The minimum absolute atomic E-state index is 0.915. The second-order valence-electron chi connectivity index (χ2n) is 5.30. The van der Waals surface area contributed by atoms with Gasteiger partial charge in [-0.1, -0.05) is 24.3 Å². The molecular weight excluding hydrogens is 529 g/mol. The van der Waals surface area contributed by atoms with Gasteiger partial charge in [0.1, 0.15) is 0 Å². The van der Waals surface area contributed by atoms with Crippen LogP contribution in [0.3, 0.4) is 0 Å². The van der Waals surface area contributed by atoms with E-state index in [2.05, 4.69) is 19.9 Å². The zero-order valence-corrected chi connectivity index (χ0v) is 18.7. The molecule has 4 heterocycles. The molecule has 0 bridgehead atoms. The summed E-state index contributed by atoms with van der Waals surface area (Å²) in [5, 5.41) is 0. The van der Waals surface area contributed by atoms with Crippen LogP contribution in [0.2, 0.25) is 0 Å². The summed E-state index contributed by atoms with van der Waals surface area (Å²) in [6, 6.07) is 23.2. The van der Waals surface area contributed by atoms with Gasteiger partial charge in [-0.15, -0.1) is 10.2 Å². The van der Waals surface area contributed by atoms with E-state index in [1.165, 1.54) is 0 Å². The summed E-state index contributed by atoms with van der Waals surface area (Å²) >= 11 is -1.79. The molecule has 0 N–H and O–H groups in total. The van der Waals surface area contributed by atoms with Crippen LogP contribution in [0.25, 0.3) is 22.8 Å². The third-order valence-electron chi connectivity index (χ3n) is 3.18. The van der Waals surface area contributed by atoms with Crippen LogP contribution in [0.5, 0.6) is 0 Å². The molecular formula is C20H16ClN4O6Ru-. The molecule has 10 nitrogen and oxygen atoms in total. The van der Waals surface area contributed by atoms with Crippen LogP contribution in [0.1, 0.15) is 0 Å². The Kier molecular flexibility index (Phi) is 13.2. The molecule has 12 heteroatoms. The molecule has 0 spiro atoms. The number of pyridine rings is 4. The predicted molar refractivity (Wildman–Crippen MR) is 96.3 cm³/mol. The van der Waals surface area contributed by atoms with E-state index in [9.17, 15) is 0 Å². The second-order valence-corrected chi connectivity index (χ2v) is 6.34. The number of nitrogens with zero attached hydrogens (tertiary/aromatic N) is 4. The Morgan fingerprint density at radius 3 is 0.812 bits per heavy atom. The van der Waals surface area contributed by atoms with Gasteiger partial charge in [0.25, 0.3) is 0 Å². The van der Waals surface area contributed by atoms with Crippen molar-refractivity contribution in [1.29, 1.82) is 0 Å². The molecule has 0 aliphatic rings. The summed E-state index contributed by atoms with van der Waals surface area (Å²) in [4.78, 5) is 16.7. The number of hydrogen-bond acceptors (Lipinski definition) is 10. The van der Waals surface area contributed by atoms with Gasteiger partial charge in [-0.05, 0) is 48.5 Å². The topological polar surface area (TPSA) is 178 Å². The molecule has 0 saturated carbocycles. The van der Waals surface area contributed by atoms with Crippen LogP contribution in [0, 0.1) is 10.2 Å².